The zero-order chi connectivity index (χ0) is 21.9. The molecule has 31 heavy (non-hydrogen) atoms. The van der Waals surface area contributed by atoms with E-state index in [9.17, 15) is 14.4 Å². The van der Waals surface area contributed by atoms with Gasteiger partial charge in [-0.2, -0.15) is 0 Å². The summed E-state index contributed by atoms with van der Waals surface area (Å²) < 4.78 is 5.52. The first-order valence-corrected chi connectivity index (χ1v) is 10.7. The number of anilines is 1. The lowest BCUT2D eigenvalue weighted by Gasteiger charge is -2.19. The number of carbonyl (C=O) groups is 3. The Morgan fingerprint density at radius 1 is 0.935 bits per heavy atom. The third-order valence-electron chi connectivity index (χ3n) is 6.74. The Balaban J connectivity index is 1.35. The zero-order valence-electron chi connectivity index (χ0n) is 17.9. The van der Waals surface area contributed by atoms with Crippen LogP contribution in [0.25, 0.3) is 0 Å². The van der Waals surface area contributed by atoms with Gasteiger partial charge in [0, 0.05) is 0 Å². The number of benzene rings is 2. The molecule has 5 nitrogen and oxygen atoms in total. The number of hydrogen-bond donors (Lipinski definition) is 0. The molecule has 1 heterocycles. The number of ether oxygens (including phenoxy) is 1. The number of hydrogen-bond acceptors (Lipinski definition) is 4. The molecule has 0 aromatic heterocycles. The number of imide groups is 1. The van der Waals surface area contributed by atoms with E-state index in [2.05, 4.69) is 32.9 Å². The summed E-state index contributed by atoms with van der Waals surface area (Å²) in [5.41, 5.74) is 1.89. The Hall–Kier alpha value is -3.21. The molecule has 0 N–H and O–H groups in total. The molecule has 2 aliphatic carbocycles. The fourth-order valence-corrected chi connectivity index (χ4v) is 5.12. The molecular formula is C26H25NO4. The number of allylic oxidation sites excluding steroid dienone is 2. The van der Waals surface area contributed by atoms with Gasteiger partial charge < -0.3 is 4.74 Å². The van der Waals surface area contributed by atoms with Crippen LogP contribution in [0.5, 0.6) is 5.75 Å². The van der Waals surface area contributed by atoms with Gasteiger partial charge in [0.1, 0.15) is 5.75 Å². The van der Waals surface area contributed by atoms with Crippen molar-refractivity contribution < 1.29 is 19.1 Å². The van der Waals surface area contributed by atoms with Crippen LogP contribution in [0, 0.1) is 23.7 Å². The summed E-state index contributed by atoms with van der Waals surface area (Å²) in [6, 6.07) is 14.0. The molecule has 2 amide bonds. The van der Waals surface area contributed by atoms with Gasteiger partial charge in [-0.1, -0.05) is 51.1 Å². The van der Waals surface area contributed by atoms with Crippen LogP contribution in [0.2, 0.25) is 0 Å². The Labute approximate surface area is 181 Å². The van der Waals surface area contributed by atoms with Crippen LogP contribution in [0.15, 0.2) is 60.7 Å². The maximum atomic E-state index is 13.0. The minimum atomic E-state index is -0.522. The first-order valence-electron chi connectivity index (χ1n) is 10.7. The maximum Gasteiger partial charge on any atom is 0.343 e. The van der Waals surface area contributed by atoms with Crippen molar-refractivity contribution in [3.8, 4) is 5.75 Å². The monoisotopic (exact) mass is 415 g/mol. The van der Waals surface area contributed by atoms with Crippen molar-refractivity contribution in [2.75, 3.05) is 4.90 Å². The van der Waals surface area contributed by atoms with Crippen molar-refractivity contribution >= 4 is 23.5 Å². The summed E-state index contributed by atoms with van der Waals surface area (Å²) in [6.45, 7) is 6.36. The van der Waals surface area contributed by atoms with Crippen molar-refractivity contribution in [2.45, 2.75) is 32.6 Å². The molecule has 158 valence electrons. The van der Waals surface area contributed by atoms with Crippen LogP contribution in [0.3, 0.4) is 0 Å². The third kappa shape index (κ3) is 3.19. The molecule has 2 aromatic rings. The molecule has 4 atom stereocenters. The minimum absolute atomic E-state index is 0.0129. The predicted molar refractivity (Wildman–Crippen MR) is 117 cm³/mol. The Kier molecular flexibility index (Phi) is 4.40. The van der Waals surface area contributed by atoms with Crippen LogP contribution < -0.4 is 9.64 Å². The van der Waals surface area contributed by atoms with Crippen molar-refractivity contribution in [3.63, 3.8) is 0 Å². The number of nitrogens with zero attached hydrogens (tertiary/aromatic N) is 1. The van der Waals surface area contributed by atoms with Crippen LogP contribution in [0.4, 0.5) is 5.69 Å². The SMILES string of the molecule is CC(C)(C)c1ccc(OC(=O)c2cccc(N3C(=O)C4C5C=CC(C5)C4C3=O)c2)cc1. The van der Waals surface area contributed by atoms with Gasteiger partial charge in [-0.3, -0.25) is 9.59 Å². The molecule has 1 aliphatic heterocycles. The number of carbonyl (C=O) groups excluding carboxylic acids is 3. The number of esters is 1. The van der Waals surface area contributed by atoms with E-state index < -0.39 is 5.97 Å². The smallest absolute Gasteiger partial charge is 0.343 e. The highest BCUT2D eigenvalue weighted by atomic mass is 16.5. The first-order chi connectivity index (χ1) is 14.7. The number of amides is 2. The van der Waals surface area contributed by atoms with Crippen molar-refractivity contribution in [1.29, 1.82) is 0 Å². The molecule has 1 saturated heterocycles. The largest absolute Gasteiger partial charge is 0.423 e. The molecule has 0 radical (unpaired) electrons. The molecule has 2 aromatic carbocycles. The summed E-state index contributed by atoms with van der Waals surface area (Å²) in [5.74, 6) is -0.606. The third-order valence-corrected chi connectivity index (χ3v) is 6.74. The van der Waals surface area contributed by atoms with Crippen LogP contribution in [0.1, 0.15) is 43.1 Å². The van der Waals surface area contributed by atoms with E-state index in [0.29, 0.717) is 17.0 Å². The lowest BCUT2D eigenvalue weighted by Crippen LogP contribution is -2.33. The summed E-state index contributed by atoms with van der Waals surface area (Å²) in [7, 11) is 0. The summed E-state index contributed by atoms with van der Waals surface area (Å²) >= 11 is 0. The van der Waals surface area contributed by atoms with E-state index in [4.69, 9.17) is 4.74 Å². The Morgan fingerprint density at radius 2 is 1.55 bits per heavy atom. The molecule has 4 unspecified atom stereocenters. The summed E-state index contributed by atoms with van der Waals surface area (Å²) in [4.78, 5) is 40.0. The second-order valence-electron chi connectivity index (χ2n) is 9.73. The highest BCUT2D eigenvalue weighted by Crippen LogP contribution is 2.53. The highest BCUT2D eigenvalue weighted by Gasteiger charge is 2.59. The number of fused-ring (bicyclic) bond motifs is 5. The van der Waals surface area contributed by atoms with Gasteiger partial charge in [-0.25, -0.2) is 9.69 Å². The van der Waals surface area contributed by atoms with Gasteiger partial charge in [0.25, 0.3) is 0 Å². The predicted octanol–water partition coefficient (Wildman–Crippen LogP) is 4.51. The summed E-state index contributed by atoms with van der Waals surface area (Å²) in [6.07, 6.45) is 5.03. The van der Waals surface area contributed by atoms with Crippen LogP contribution in [-0.2, 0) is 15.0 Å². The zero-order valence-corrected chi connectivity index (χ0v) is 17.9. The first kappa shape index (κ1) is 19.7. The Bertz CT molecular complexity index is 1080. The molecule has 5 heteroatoms. The summed E-state index contributed by atoms with van der Waals surface area (Å²) in [5, 5.41) is 0. The minimum Gasteiger partial charge on any atom is -0.423 e. The Morgan fingerprint density at radius 3 is 2.13 bits per heavy atom. The van der Waals surface area contributed by atoms with Gasteiger partial charge in [0.2, 0.25) is 11.8 Å². The molecule has 2 bridgehead atoms. The van der Waals surface area contributed by atoms with Gasteiger partial charge in [0.15, 0.2) is 0 Å². The van der Waals surface area contributed by atoms with E-state index in [-0.39, 0.29) is 40.9 Å². The van der Waals surface area contributed by atoms with E-state index in [1.54, 1.807) is 36.4 Å². The fraction of sp³-hybridized carbons (Fsp3) is 0.346. The lowest BCUT2D eigenvalue weighted by atomic mass is 9.85. The topological polar surface area (TPSA) is 63.7 Å². The molecular weight excluding hydrogens is 390 g/mol. The van der Waals surface area contributed by atoms with Crippen LogP contribution in [-0.4, -0.2) is 17.8 Å². The molecule has 5 rings (SSSR count). The average Bonchev–Trinajstić information content (AvgIpc) is 3.41. The standard InChI is InChI=1S/C26H25NO4/c1-26(2,3)18-9-11-20(12-10-18)31-25(30)17-5-4-6-19(14-17)27-23(28)21-15-7-8-16(13-15)22(21)24(27)29/h4-12,14-16,21-22H,13H2,1-3H3. The van der Waals surface area contributed by atoms with Gasteiger partial charge in [-0.15, -0.1) is 0 Å². The van der Waals surface area contributed by atoms with E-state index in [1.807, 2.05) is 12.1 Å². The van der Waals surface area contributed by atoms with Crippen molar-refractivity contribution in [2.24, 2.45) is 23.7 Å². The molecule has 2 fully saturated rings. The van der Waals surface area contributed by atoms with E-state index >= 15 is 0 Å². The molecule has 3 aliphatic rings. The normalized spacial score (nSPS) is 26.5. The average molecular weight is 415 g/mol. The van der Waals surface area contributed by atoms with Crippen molar-refractivity contribution in [1.82, 2.24) is 0 Å². The highest BCUT2D eigenvalue weighted by molar-refractivity contribution is 6.23. The van der Waals surface area contributed by atoms with E-state index in [0.717, 1.165) is 12.0 Å². The molecule has 0 spiro atoms. The van der Waals surface area contributed by atoms with Crippen molar-refractivity contribution in [3.05, 3.63) is 71.8 Å². The maximum absolute atomic E-state index is 13.0. The lowest BCUT2D eigenvalue weighted by molar-refractivity contribution is -0.123. The second-order valence-corrected chi connectivity index (χ2v) is 9.73. The van der Waals surface area contributed by atoms with E-state index in [1.165, 1.54) is 4.90 Å². The fourth-order valence-electron chi connectivity index (χ4n) is 5.12. The van der Waals surface area contributed by atoms with Gasteiger partial charge in [0.05, 0.1) is 23.1 Å². The van der Waals surface area contributed by atoms with Gasteiger partial charge in [-0.05, 0) is 59.6 Å². The second kappa shape index (κ2) is 6.91. The molecule has 1 saturated carbocycles. The quantitative estimate of drug-likeness (QED) is 0.320. The van der Waals surface area contributed by atoms with Gasteiger partial charge >= 0.3 is 5.97 Å². The van der Waals surface area contributed by atoms with Crippen LogP contribution >= 0.6 is 0 Å². The number of rotatable bonds is 3.